The van der Waals surface area contributed by atoms with Gasteiger partial charge >= 0.3 is 0 Å². The molecule has 24 fully saturated rings. The molecule has 1 heteroatoms. The molecule has 15 spiro atoms. The Kier molecular flexibility index (Phi) is 0.702. The van der Waals surface area contributed by atoms with E-state index in [1.54, 1.807) is 0 Å². The molecule has 0 amide bonds. The molecule has 24 rings (SSSR count). The lowest BCUT2D eigenvalue weighted by molar-refractivity contribution is -1.07. The van der Waals surface area contributed by atoms with Crippen molar-refractivity contribution in [2.75, 3.05) is 0 Å². The van der Waals surface area contributed by atoms with Gasteiger partial charge < -0.3 is 0 Å². The van der Waals surface area contributed by atoms with Crippen molar-refractivity contribution in [2.24, 2.45) is 165 Å². The lowest BCUT2D eigenvalue weighted by Crippen LogP contribution is -3.51. The molecule has 0 N–H and O–H groups in total. The summed E-state index contributed by atoms with van der Waals surface area (Å²) in [6.07, 6.45) is 7.24. The van der Waals surface area contributed by atoms with Crippen LogP contribution in [0.5, 0.6) is 0 Å². The predicted molar refractivity (Wildman–Crippen MR) is 118 cm³/mol. The highest BCUT2D eigenvalue weighted by Crippen LogP contribution is 3.58. The summed E-state index contributed by atoms with van der Waals surface area (Å²) in [7, 11) is 1.98. The molecule has 2 heterocycles. The molecule has 22 aliphatic carbocycles. The number of fused-ring (bicyclic) bond motifs is 12. The summed E-state index contributed by atoms with van der Waals surface area (Å²) >= 11 is 0. The highest BCUT2D eigenvalue weighted by molar-refractivity contribution is 6.55. The highest BCUT2D eigenvalue weighted by atomic mass is 15.6. The van der Waals surface area contributed by atoms with Gasteiger partial charge in [0.25, 0.3) is 0 Å². The molecule has 22 saturated carbocycles. The van der Waals surface area contributed by atoms with Crippen LogP contribution in [0.15, 0.2) is 0 Å². The maximum Gasteiger partial charge on any atom is 0.139 e. The fraction of sp³-hybridized carbons (Fsp3) is 1.00. The number of hydrogen-bond donors (Lipinski definition) is 0. The number of hydrogen-bond acceptors (Lipinski definition) is 0. The van der Waals surface area contributed by atoms with Crippen molar-refractivity contribution in [3.63, 3.8) is 0 Å². The quantitative estimate of drug-likeness (QED) is 0.491. The van der Waals surface area contributed by atoms with Crippen LogP contribution in [0.25, 0.3) is 0 Å². The summed E-state index contributed by atoms with van der Waals surface area (Å²) in [5, 5.41) is 2.14. The van der Waals surface area contributed by atoms with Gasteiger partial charge in [-0.1, -0.05) is 0 Å². The fourth-order valence-electron chi connectivity index (χ4n) is 36.8. The van der Waals surface area contributed by atoms with Crippen LogP contribution in [-0.2, 0) is 0 Å². The average Bonchev–Trinajstić information content (AvgIpc) is 3.16. The predicted octanol–water partition coefficient (Wildman–Crippen LogP) is 3.31. The van der Waals surface area contributed by atoms with Crippen LogP contribution in [0.2, 0.25) is 10.6 Å². The molecule has 0 aromatic rings. The summed E-state index contributed by atoms with van der Waals surface area (Å²) in [5.74, 6) is 21.8. The molecule has 36 heavy (non-hydrogen) atoms. The maximum absolute atomic E-state index is 1.98. The van der Waals surface area contributed by atoms with Crippen molar-refractivity contribution < 1.29 is 0 Å². The van der Waals surface area contributed by atoms with E-state index in [9.17, 15) is 0 Å². The Balaban J connectivity index is 1.04. The fourth-order valence-corrected chi connectivity index (χ4v) is 36.8. The summed E-state index contributed by atoms with van der Waals surface area (Å²) in [5.41, 5.74) is 14.4. The second-order valence-electron chi connectivity index (χ2n) is 22.7. The Morgan fingerprint density at radius 2 is 0.833 bits per heavy atom. The molecule has 168 valence electrons. The van der Waals surface area contributed by atoms with Gasteiger partial charge in [0.1, 0.15) is 7.28 Å². The third-order valence-electron chi connectivity index (χ3n) is 29.7. The van der Waals surface area contributed by atoms with Crippen LogP contribution >= 0.6 is 0 Å². The molecule has 2 aliphatic heterocycles. The molecule has 2 saturated heterocycles. The van der Waals surface area contributed by atoms with E-state index < -0.39 is 0 Å². The summed E-state index contributed by atoms with van der Waals surface area (Å²) in [6, 6.07) is 0. The first-order valence-electron chi connectivity index (χ1n) is 17.8. The van der Waals surface area contributed by atoms with E-state index in [2.05, 4.69) is 0 Å². The average molecular weight is 456 g/mol. The van der Waals surface area contributed by atoms with Gasteiger partial charge in [-0.15, -0.1) is 0 Å². The second-order valence-corrected chi connectivity index (χ2v) is 22.7. The van der Waals surface area contributed by atoms with Gasteiger partial charge in [0.05, 0.1) is 0 Å². The van der Waals surface area contributed by atoms with E-state index in [1.165, 1.54) is 94.7 Å². The molecule has 0 aromatic heterocycles. The molecule has 0 nitrogen and oxygen atoms in total. The molecule has 0 aromatic carbocycles. The monoisotopic (exact) mass is 456 g/mol. The van der Waals surface area contributed by atoms with E-state index in [1.807, 2.05) is 33.0 Å². The van der Waals surface area contributed by atoms with E-state index in [0.29, 0.717) is 0 Å². The normalized spacial score (nSPS) is 131. The molecule has 24 unspecified atom stereocenters. The standard InChI is InChI=1S/C35H25B/c1-5-13-6-2-10-16-20-18-12-4-8-14-7-3-11-17-19-15-9(1)21(5)25(13)22(6,10)27(16)31(20)29(18)24(8,12)32(14)23(7,11)28(17)30(19)26(15,21)33(25,27)34(30,31)35(28,29)36-32/h5-20,36H,1-4H2. The van der Waals surface area contributed by atoms with Gasteiger partial charge in [0.15, 0.2) is 0 Å². The Bertz CT molecular complexity index is 1920. The zero-order valence-corrected chi connectivity index (χ0v) is 20.3. The number of rotatable bonds is 0. The van der Waals surface area contributed by atoms with Crippen LogP contribution in [0, 0.1) is 165 Å². The minimum Gasteiger partial charge on any atom is -0.0459 e. The minimum atomic E-state index is 1.06. The maximum atomic E-state index is 1.98. The third kappa shape index (κ3) is 0.295. The SMILES string of the molecule is B1C23C4C5CC6C7C8C9C%10CC%11C%12C%13CC%14C%15C%16C%17C%18CC4C%182C%172C14C7(C563)C81C93C%11%10C%125C%13%14C%156C%162C41C536. The van der Waals surface area contributed by atoms with Gasteiger partial charge in [-0.25, -0.2) is 0 Å². The lowest BCUT2D eigenvalue weighted by Gasteiger charge is -3.53. The van der Waals surface area contributed by atoms with Crippen LogP contribution < -0.4 is 0 Å². The van der Waals surface area contributed by atoms with Crippen LogP contribution in [0.4, 0.5) is 0 Å². The van der Waals surface area contributed by atoms with Crippen LogP contribution in [0.1, 0.15) is 25.7 Å². The second kappa shape index (κ2) is 1.99. The van der Waals surface area contributed by atoms with Crippen molar-refractivity contribution >= 4 is 7.28 Å². The summed E-state index contributed by atoms with van der Waals surface area (Å²) in [6.45, 7) is 0. The highest BCUT2D eigenvalue weighted by Gasteiger charge is 3.56. The van der Waals surface area contributed by atoms with Gasteiger partial charge in [-0.05, 0) is 201 Å². The van der Waals surface area contributed by atoms with Gasteiger partial charge in [0.2, 0.25) is 0 Å². The largest absolute Gasteiger partial charge is 0.139 e. The zero-order chi connectivity index (χ0) is 20.3. The van der Waals surface area contributed by atoms with Crippen molar-refractivity contribution in [3.8, 4) is 0 Å². The van der Waals surface area contributed by atoms with Crippen LogP contribution in [-0.4, -0.2) is 7.28 Å². The van der Waals surface area contributed by atoms with Gasteiger partial charge in [-0.2, -0.15) is 0 Å². The van der Waals surface area contributed by atoms with E-state index in [-0.39, 0.29) is 0 Å². The molecule has 0 radical (unpaired) electrons. The molecule has 2 bridgehead atoms. The molecule has 24 aliphatic rings. The van der Waals surface area contributed by atoms with E-state index in [4.69, 9.17) is 0 Å². The smallest absolute Gasteiger partial charge is 0.0459 e. The van der Waals surface area contributed by atoms with Crippen LogP contribution in [0.3, 0.4) is 0 Å². The topological polar surface area (TPSA) is 0 Å². The summed E-state index contributed by atoms with van der Waals surface area (Å²) in [4.78, 5) is 0. The Hall–Kier alpha value is 0.0649. The first kappa shape index (κ1) is 12.7. The lowest BCUT2D eigenvalue weighted by atomic mass is 8.49. The van der Waals surface area contributed by atoms with Crippen molar-refractivity contribution in [1.29, 1.82) is 0 Å². The Labute approximate surface area is 208 Å². The van der Waals surface area contributed by atoms with Crippen molar-refractivity contribution in [3.05, 3.63) is 0 Å². The van der Waals surface area contributed by atoms with E-state index in [0.717, 1.165) is 81.0 Å². The van der Waals surface area contributed by atoms with Crippen molar-refractivity contribution in [2.45, 2.75) is 36.3 Å². The van der Waals surface area contributed by atoms with Gasteiger partial charge in [0, 0.05) is 0 Å². The molecular weight excluding hydrogens is 431 g/mol. The molecular formula is C35H25B. The minimum absolute atomic E-state index is 1.06. The zero-order valence-electron chi connectivity index (χ0n) is 20.3. The third-order valence-corrected chi connectivity index (χ3v) is 29.7. The Morgan fingerprint density at radius 3 is 1.42 bits per heavy atom. The van der Waals surface area contributed by atoms with Crippen molar-refractivity contribution in [1.82, 2.24) is 0 Å². The first-order valence-corrected chi connectivity index (χ1v) is 17.8. The molecule has 24 atom stereocenters. The van der Waals surface area contributed by atoms with E-state index >= 15 is 0 Å². The first-order chi connectivity index (χ1) is 17.8. The van der Waals surface area contributed by atoms with Gasteiger partial charge in [-0.3, -0.25) is 0 Å². The Morgan fingerprint density at radius 1 is 0.361 bits per heavy atom. The summed E-state index contributed by atoms with van der Waals surface area (Å²) < 4.78 is 0.